The molecule has 0 aliphatic heterocycles. The minimum Gasteiger partial charge on any atom is -0.342 e. The van der Waals surface area contributed by atoms with Crippen molar-refractivity contribution < 1.29 is 9.59 Å². The molecule has 0 bridgehead atoms. The maximum Gasteiger partial charge on any atom is 0.242 e. The van der Waals surface area contributed by atoms with Crippen LogP contribution in [0.1, 0.15) is 52.4 Å². The highest BCUT2D eigenvalue weighted by Crippen LogP contribution is 2.28. The Kier molecular flexibility index (Phi) is 6.89. The van der Waals surface area contributed by atoms with Crippen LogP contribution in [0.2, 0.25) is 0 Å². The van der Waals surface area contributed by atoms with E-state index < -0.39 is 0 Å². The zero-order valence-electron chi connectivity index (χ0n) is 12.7. The Bertz CT molecular complexity index is 295. The highest BCUT2D eigenvalue weighted by Gasteiger charge is 2.19. The van der Waals surface area contributed by atoms with Crippen LogP contribution in [0, 0.1) is 5.92 Å². The zero-order valence-corrected chi connectivity index (χ0v) is 12.7. The molecular formula is C15H28N2O2. The molecule has 1 rings (SSSR count). The third-order valence-electron chi connectivity index (χ3n) is 4.16. The summed E-state index contributed by atoms with van der Waals surface area (Å²) in [6, 6.07) is 0. The van der Waals surface area contributed by atoms with Gasteiger partial charge >= 0.3 is 0 Å². The van der Waals surface area contributed by atoms with Crippen molar-refractivity contribution in [3.05, 3.63) is 0 Å². The summed E-state index contributed by atoms with van der Waals surface area (Å²) in [6.07, 6.45) is 6.75. The molecule has 0 radical (unpaired) electrons. The van der Waals surface area contributed by atoms with E-state index in [1.807, 2.05) is 13.8 Å². The Morgan fingerprint density at radius 2 is 1.63 bits per heavy atom. The van der Waals surface area contributed by atoms with Gasteiger partial charge in [-0.2, -0.15) is 0 Å². The van der Waals surface area contributed by atoms with Crippen molar-refractivity contribution in [2.45, 2.75) is 52.4 Å². The summed E-state index contributed by atoms with van der Waals surface area (Å²) in [6.45, 7) is 5.55. The molecule has 0 N–H and O–H groups in total. The molecule has 19 heavy (non-hydrogen) atoms. The second-order valence-corrected chi connectivity index (χ2v) is 5.50. The van der Waals surface area contributed by atoms with E-state index in [4.69, 9.17) is 0 Å². The lowest BCUT2D eigenvalue weighted by Gasteiger charge is -2.23. The van der Waals surface area contributed by atoms with Crippen LogP contribution in [-0.4, -0.2) is 48.3 Å². The van der Waals surface area contributed by atoms with Gasteiger partial charge in [-0.3, -0.25) is 9.59 Å². The lowest BCUT2D eigenvalue weighted by Crippen LogP contribution is -2.41. The van der Waals surface area contributed by atoms with Gasteiger partial charge in [0.15, 0.2) is 0 Å². The molecule has 0 aromatic carbocycles. The smallest absolute Gasteiger partial charge is 0.242 e. The second-order valence-electron chi connectivity index (χ2n) is 5.50. The monoisotopic (exact) mass is 268 g/mol. The number of amides is 2. The number of rotatable bonds is 7. The number of nitrogens with zero attached hydrogens (tertiary/aromatic N) is 2. The Labute approximate surface area is 117 Å². The molecule has 2 amide bonds. The summed E-state index contributed by atoms with van der Waals surface area (Å²) in [5.41, 5.74) is 0. The van der Waals surface area contributed by atoms with Gasteiger partial charge in [0.25, 0.3) is 0 Å². The fraction of sp³-hybridized carbons (Fsp3) is 0.867. The summed E-state index contributed by atoms with van der Waals surface area (Å²) in [7, 11) is 1.73. The lowest BCUT2D eigenvalue weighted by molar-refractivity contribution is -0.139. The topological polar surface area (TPSA) is 40.6 Å². The van der Waals surface area contributed by atoms with E-state index in [9.17, 15) is 9.59 Å². The van der Waals surface area contributed by atoms with Crippen molar-refractivity contribution in [2.75, 3.05) is 26.7 Å². The first-order valence-corrected chi connectivity index (χ1v) is 7.60. The summed E-state index contributed by atoms with van der Waals surface area (Å²) in [4.78, 5) is 27.2. The van der Waals surface area contributed by atoms with Crippen LogP contribution in [0.3, 0.4) is 0 Å². The van der Waals surface area contributed by atoms with Gasteiger partial charge in [0.1, 0.15) is 0 Å². The van der Waals surface area contributed by atoms with Gasteiger partial charge in [-0.1, -0.05) is 25.7 Å². The Morgan fingerprint density at radius 3 is 2.16 bits per heavy atom. The molecule has 110 valence electrons. The fourth-order valence-electron chi connectivity index (χ4n) is 2.78. The average molecular weight is 268 g/mol. The van der Waals surface area contributed by atoms with Gasteiger partial charge in [0.2, 0.25) is 11.8 Å². The molecule has 4 nitrogen and oxygen atoms in total. The van der Waals surface area contributed by atoms with E-state index in [1.165, 1.54) is 25.7 Å². The van der Waals surface area contributed by atoms with Crippen LogP contribution in [0.5, 0.6) is 0 Å². The van der Waals surface area contributed by atoms with Gasteiger partial charge in [-0.15, -0.1) is 0 Å². The summed E-state index contributed by atoms with van der Waals surface area (Å²) < 4.78 is 0. The second kappa shape index (κ2) is 8.18. The molecule has 1 fully saturated rings. The third kappa shape index (κ3) is 5.21. The molecule has 0 spiro atoms. The van der Waals surface area contributed by atoms with Crippen LogP contribution in [-0.2, 0) is 9.59 Å². The maximum absolute atomic E-state index is 12.0. The van der Waals surface area contributed by atoms with Crippen LogP contribution < -0.4 is 0 Å². The Hall–Kier alpha value is -1.06. The molecule has 0 aromatic rings. The van der Waals surface area contributed by atoms with Crippen molar-refractivity contribution in [1.82, 2.24) is 9.80 Å². The van der Waals surface area contributed by atoms with Crippen molar-refractivity contribution >= 4 is 11.8 Å². The normalized spacial score (nSPS) is 15.5. The molecule has 1 aliphatic rings. The van der Waals surface area contributed by atoms with Gasteiger partial charge in [-0.05, 0) is 26.2 Å². The minimum absolute atomic E-state index is 0.0433. The number of carbonyl (C=O) groups is 2. The van der Waals surface area contributed by atoms with E-state index in [-0.39, 0.29) is 18.4 Å². The highest BCUT2D eigenvalue weighted by atomic mass is 16.2. The Balaban J connectivity index is 2.29. The third-order valence-corrected chi connectivity index (χ3v) is 4.16. The standard InChI is InChI=1S/C15H28N2O2/c1-4-17(5-2)15(19)12-16(3)14(18)11-10-13-8-6-7-9-13/h13H,4-12H2,1-3H3. The predicted molar refractivity (Wildman–Crippen MR) is 76.8 cm³/mol. The van der Waals surface area contributed by atoms with Crippen molar-refractivity contribution in [1.29, 1.82) is 0 Å². The SMILES string of the molecule is CCN(CC)C(=O)CN(C)C(=O)CCC1CCCC1. The predicted octanol–water partition coefficient (Wildman–Crippen LogP) is 2.28. The van der Waals surface area contributed by atoms with Crippen LogP contribution >= 0.6 is 0 Å². The molecule has 1 saturated carbocycles. The molecule has 0 unspecified atom stereocenters. The van der Waals surface area contributed by atoms with Crippen LogP contribution in [0.25, 0.3) is 0 Å². The maximum atomic E-state index is 12.0. The number of hydrogen-bond donors (Lipinski definition) is 0. The van der Waals surface area contributed by atoms with Gasteiger partial charge in [0, 0.05) is 26.6 Å². The minimum atomic E-state index is 0.0433. The molecule has 0 aromatic heterocycles. The van der Waals surface area contributed by atoms with E-state index in [2.05, 4.69) is 0 Å². The first kappa shape index (κ1) is 16.0. The largest absolute Gasteiger partial charge is 0.342 e. The van der Waals surface area contributed by atoms with Crippen molar-refractivity contribution in [3.8, 4) is 0 Å². The molecule has 4 heteroatoms. The van der Waals surface area contributed by atoms with Crippen molar-refractivity contribution in [3.63, 3.8) is 0 Å². The quantitative estimate of drug-likeness (QED) is 0.711. The number of carbonyl (C=O) groups excluding carboxylic acids is 2. The number of hydrogen-bond acceptors (Lipinski definition) is 2. The first-order chi connectivity index (χ1) is 9.08. The molecule has 0 atom stereocenters. The van der Waals surface area contributed by atoms with Gasteiger partial charge in [-0.25, -0.2) is 0 Å². The van der Waals surface area contributed by atoms with E-state index >= 15 is 0 Å². The summed E-state index contributed by atoms with van der Waals surface area (Å²) in [5, 5.41) is 0. The first-order valence-electron chi connectivity index (χ1n) is 7.60. The Morgan fingerprint density at radius 1 is 1.05 bits per heavy atom. The molecule has 0 heterocycles. The van der Waals surface area contributed by atoms with Gasteiger partial charge < -0.3 is 9.80 Å². The average Bonchev–Trinajstić information content (AvgIpc) is 2.90. The van der Waals surface area contributed by atoms with Gasteiger partial charge in [0.05, 0.1) is 6.54 Å². The zero-order chi connectivity index (χ0) is 14.3. The van der Waals surface area contributed by atoms with Crippen LogP contribution in [0.4, 0.5) is 0 Å². The lowest BCUT2D eigenvalue weighted by atomic mass is 10.0. The summed E-state index contributed by atoms with van der Waals surface area (Å²) in [5.74, 6) is 0.880. The molecule has 1 aliphatic carbocycles. The van der Waals surface area contributed by atoms with E-state index in [1.54, 1.807) is 16.8 Å². The number of likely N-dealkylation sites (N-methyl/N-ethyl adjacent to an activating group) is 2. The van der Waals surface area contributed by atoms with Crippen molar-refractivity contribution in [2.24, 2.45) is 5.92 Å². The highest BCUT2D eigenvalue weighted by molar-refractivity contribution is 5.84. The van der Waals surface area contributed by atoms with E-state index in [0.717, 1.165) is 12.3 Å². The molecule has 0 saturated heterocycles. The molecular weight excluding hydrogens is 240 g/mol. The fourth-order valence-corrected chi connectivity index (χ4v) is 2.78. The van der Waals surface area contributed by atoms with Crippen LogP contribution in [0.15, 0.2) is 0 Å². The van der Waals surface area contributed by atoms with E-state index in [0.29, 0.717) is 19.5 Å². The summed E-state index contributed by atoms with van der Waals surface area (Å²) >= 11 is 0.